The van der Waals surface area contributed by atoms with Crippen molar-refractivity contribution in [1.82, 2.24) is 14.2 Å². The monoisotopic (exact) mass is 311 g/mol. The van der Waals surface area contributed by atoms with Gasteiger partial charge in [-0.15, -0.1) is 0 Å². The smallest absolute Gasteiger partial charge is 0.244 e. The Morgan fingerprint density at radius 2 is 1.85 bits per heavy atom. The molecule has 0 spiro atoms. The Kier molecular flexibility index (Phi) is 2.95. The van der Waals surface area contributed by atoms with E-state index in [1.807, 2.05) is 0 Å². The topological polar surface area (TPSA) is 64.8 Å². The van der Waals surface area contributed by atoms with Crippen molar-refractivity contribution < 1.29 is 12.8 Å². The second-order valence-electron chi connectivity index (χ2n) is 4.01. The minimum absolute atomic E-state index is 0.0585. The van der Waals surface area contributed by atoms with Gasteiger partial charge in [0.05, 0.1) is 16.6 Å². The summed E-state index contributed by atoms with van der Waals surface area (Å²) in [5.41, 5.74) is 0.314. The van der Waals surface area contributed by atoms with Crippen LogP contribution in [-0.2, 0) is 10.0 Å². The van der Waals surface area contributed by atoms with Gasteiger partial charge in [0.1, 0.15) is 11.0 Å². The van der Waals surface area contributed by atoms with Crippen molar-refractivity contribution in [1.29, 1.82) is 0 Å². The van der Waals surface area contributed by atoms with Crippen LogP contribution in [0.25, 0.3) is 10.9 Å². The predicted octanol–water partition coefficient (Wildman–Crippen LogP) is 2.46. The van der Waals surface area contributed by atoms with Gasteiger partial charge < -0.3 is 0 Å². The van der Waals surface area contributed by atoms with Gasteiger partial charge in [0.25, 0.3) is 10.0 Å². The molecule has 0 unspecified atom stereocenters. The minimum Gasteiger partial charge on any atom is -0.244 e. The van der Waals surface area contributed by atoms with Crippen molar-refractivity contribution in [3.05, 3.63) is 53.7 Å². The van der Waals surface area contributed by atoms with Crippen LogP contribution in [0.4, 0.5) is 4.39 Å². The van der Waals surface area contributed by atoms with Crippen LogP contribution in [0.15, 0.2) is 47.6 Å². The average molecular weight is 312 g/mol. The van der Waals surface area contributed by atoms with Crippen molar-refractivity contribution >= 4 is 32.5 Å². The van der Waals surface area contributed by atoms with Crippen LogP contribution in [0, 0.1) is 5.82 Å². The standard InChI is InChI=1S/C12H7ClFN3O2S/c13-12-5-11-8(6-15-12)7-16-17(11)20(18,19)10-3-1-9(14)2-4-10/h1-7H. The fraction of sp³-hybridized carbons (Fsp3) is 0. The van der Waals surface area contributed by atoms with Gasteiger partial charge in [0, 0.05) is 17.6 Å². The minimum atomic E-state index is -3.90. The second-order valence-corrected chi connectivity index (χ2v) is 6.17. The van der Waals surface area contributed by atoms with Crippen molar-refractivity contribution in [2.75, 3.05) is 0 Å². The predicted molar refractivity (Wildman–Crippen MR) is 71.5 cm³/mol. The maximum Gasteiger partial charge on any atom is 0.283 e. The molecule has 2 aromatic heterocycles. The molecular formula is C12H7ClFN3O2S. The fourth-order valence-electron chi connectivity index (χ4n) is 1.77. The van der Waals surface area contributed by atoms with Gasteiger partial charge in [-0.25, -0.2) is 9.37 Å². The second kappa shape index (κ2) is 4.53. The molecule has 1 aromatic carbocycles. The van der Waals surface area contributed by atoms with Crippen LogP contribution < -0.4 is 0 Å². The molecule has 0 bridgehead atoms. The summed E-state index contributed by atoms with van der Waals surface area (Å²) in [5, 5.41) is 4.55. The fourth-order valence-corrected chi connectivity index (χ4v) is 3.19. The molecule has 0 aliphatic rings. The lowest BCUT2D eigenvalue weighted by molar-refractivity contribution is 0.581. The molecule has 20 heavy (non-hydrogen) atoms. The Labute approximate surface area is 118 Å². The third-order valence-corrected chi connectivity index (χ3v) is 4.55. The van der Waals surface area contributed by atoms with Gasteiger partial charge in [0.15, 0.2) is 0 Å². The molecule has 0 radical (unpaired) electrons. The van der Waals surface area contributed by atoms with E-state index < -0.39 is 15.8 Å². The SMILES string of the molecule is O=S(=O)(c1ccc(F)cc1)n1ncc2cnc(Cl)cc21. The van der Waals surface area contributed by atoms with Gasteiger partial charge in [-0.2, -0.15) is 17.6 Å². The van der Waals surface area contributed by atoms with E-state index in [9.17, 15) is 12.8 Å². The maximum atomic E-state index is 12.9. The lowest BCUT2D eigenvalue weighted by Crippen LogP contribution is -2.14. The molecule has 0 aliphatic heterocycles. The molecule has 5 nitrogen and oxygen atoms in total. The van der Waals surface area contributed by atoms with Gasteiger partial charge in [-0.3, -0.25) is 0 Å². The van der Waals surface area contributed by atoms with Crippen LogP contribution in [0.5, 0.6) is 0 Å². The summed E-state index contributed by atoms with van der Waals surface area (Å²) in [6, 6.07) is 5.92. The highest BCUT2D eigenvalue weighted by Crippen LogP contribution is 2.21. The first kappa shape index (κ1) is 13.0. The summed E-state index contributed by atoms with van der Waals surface area (Å²) in [4.78, 5) is 3.80. The average Bonchev–Trinajstić information content (AvgIpc) is 2.82. The first-order chi connectivity index (χ1) is 9.48. The van der Waals surface area contributed by atoms with Crippen LogP contribution in [-0.4, -0.2) is 22.6 Å². The molecular weight excluding hydrogens is 305 g/mol. The molecule has 102 valence electrons. The number of rotatable bonds is 2. The summed E-state index contributed by atoms with van der Waals surface area (Å²) in [6.07, 6.45) is 2.81. The summed E-state index contributed by atoms with van der Waals surface area (Å²) < 4.78 is 38.6. The quantitative estimate of drug-likeness (QED) is 0.682. The van der Waals surface area contributed by atoms with E-state index in [0.717, 1.165) is 16.2 Å². The van der Waals surface area contributed by atoms with Gasteiger partial charge in [0.2, 0.25) is 0 Å². The van der Waals surface area contributed by atoms with Gasteiger partial charge in [-0.1, -0.05) is 11.6 Å². The molecule has 0 atom stereocenters. The lowest BCUT2D eigenvalue weighted by atomic mass is 10.3. The van der Waals surface area contributed by atoms with Crippen molar-refractivity contribution in [2.24, 2.45) is 0 Å². The number of halogens is 2. The van der Waals surface area contributed by atoms with Crippen molar-refractivity contribution in [3.8, 4) is 0 Å². The highest BCUT2D eigenvalue weighted by Gasteiger charge is 2.20. The number of nitrogens with zero attached hydrogens (tertiary/aromatic N) is 3. The van der Waals surface area contributed by atoms with E-state index in [1.54, 1.807) is 0 Å². The van der Waals surface area contributed by atoms with E-state index in [-0.39, 0.29) is 10.0 Å². The van der Waals surface area contributed by atoms with E-state index in [2.05, 4.69) is 10.1 Å². The Morgan fingerprint density at radius 3 is 2.55 bits per heavy atom. The summed E-state index contributed by atoms with van der Waals surface area (Å²) in [7, 11) is -3.90. The molecule has 0 fully saturated rings. The molecule has 0 amide bonds. The Hall–Kier alpha value is -1.99. The summed E-state index contributed by atoms with van der Waals surface area (Å²) in [5.74, 6) is -0.512. The highest BCUT2D eigenvalue weighted by atomic mass is 35.5. The van der Waals surface area contributed by atoms with Gasteiger partial charge >= 0.3 is 0 Å². The third kappa shape index (κ3) is 2.04. The molecule has 0 saturated heterocycles. The Bertz CT molecular complexity index is 891. The molecule has 3 aromatic rings. The van der Waals surface area contributed by atoms with Crippen LogP contribution in [0.2, 0.25) is 5.15 Å². The number of benzene rings is 1. The van der Waals surface area contributed by atoms with Gasteiger partial charge in [-0.05, 0) is 24.3 Å². The number of aromatic nitrogens is 3. The number of fused-ring (bicyclic) bond motifs is 1. The van der Waals surface area contributed by atoms with E-state index in [0.29, 0.717) is 10.9 Å². The molecule has 0 aliphatic carbocycles. The van der Waals surface area contributed by atoms with Crippen LogP contribution in [0.3, 0.4) is 0 Å². The summed E-state index contributed by atoms with van der Waals surface area (Å²) >= 11 is 5.77. The molecule has 2 heterocycles. The Balaban J connectivity index is 2.23. The van der Waals surface area contributed by atoms with E-state index in [1.165, 1.54) is 30.6 Å². The zero-order valence-corrected chi connectivity index (χ0v) is 11.4. The number of hydrogen-bond donors (Lipinski definition) is 0. The van der Waals surface area contributed by atoms with E-state index in [4.69, 9.17) is 11.6 Å². The summed E-state index contributed by atoms with van der Waals surface area (Å²) in [6.45, 7) is 0. The van der Waals surface area contributed by atoms with E-state index >= 15 is 0 Å². The number of pyridine rings is 1. The first-order valence-electron chi connectivity index (χ1n) is 5.49. The Morgan fingerprint density at radius 1 is 1.15 bits per heavy atom. The van der Waals surface area contributed by atoms with Crippen LogP contribution in [0.1, 0.15) is 0 Å². The highest BCUT2D eigenvalue weighted by molar-refractivity contribution is 7.90. The first-order valence-corrected chi connectivity index (χ1v) is 7.31. The zero-order chi connectivity index (χ0) is 14.3. The number of hydrogen-bond acceptors (Lipinski definition) is 4. The normalized spacial score (nSPS) is 11.9. The van der Waals surface area contributed by atoms with Crippen LogP contribution >= 0.6 is 11.6 Å². The zero-order valence-electron chi connectivity index (χ0n) is 9.86. The molecule has 0 N–H and O–H groups in total. The lowest BCUT2D eigenvalue weighted by Gasteiger charge is -2.05. The third-order valence-electron chi connectivity index (χ3n) is 2.73. The molecule has 8 heteroatoms. The molecule has 3 rings (SSSR count). The maximum absolute atomic E-state index is 12.9. The molecule has 0 saturated carbocycles. The van der Waals surface area contributed by atoms with Crippen molar-refractivity contribution in [3.63, 3.8) is 0 Å². The van der Waals surface area contributed by atoms with Crippen molar-refractivity contribution in [2.45, 2.75) is 4.90 Å². The largest absolute Gasteiger partial charge is 0.283 e.